The second kappa shape index (κ2) is 5.43. The van der Waals surface area contributed by atoms with Crippen LogP contribution < -0.4 is 10.6 Å². The number of amides is 2. The van der Waals surface area contributed by atoms with Crippen molar-refractivity contribution in [1.82, 2.24) is 10.6 Å². The fourth-order valence-corrected chi connectivity index (χ4v) is 2.73. The van der Waals surface area contributed by atoms with E-state index >= 15 is 0 Å². The molecule has 2 aliphatic rings. The molecule has 1 aromatic rings. The molecule has 0 bridgehead atoms. The predicted molar refractivity (Wildman–Crippen MR) is 75.7 cm³/mol. The number of aryl methyl sites for hydroxylation is 1. The Kier molecular flexibility index (Phi) is 3.64. The van der Waals surface area contributed by atoms with E-state index in [1.807, 2.05) is 0 Å². The molecule has 0 aromatic heterocycles. The van der Waals surface area contributed by atoms with Crippen LogP contribution in [0, 0.1) is 24.6 Å². The maximum atomic E-state index is 13.2. The van der Waals surface area contributed by atoms with Crippen molar-refractivity contribution in [1.29, 1.82) is 0 Å². The lowest BCUT2D eigenvalue weighted by atomic mass is 10.1. The average Bonchev–Trinajstić information content (AvgIpc) is 3.28. The molecule has 0 unspecified atom stereocenters. The van der Waals surface area contributed by atoms with Crippen LogP contribution in [0.25, 0.3) is 0 Å². The summed E-state index contributed by atoms with van der Waals surface area (Å²) in [5.41, 5.74) is 1.53. The lowest BCUT2D eigenvalue weighted by Crippen LogP contribution is -2.44. The molecule has 2 N–H and O–H groups in total. The number of nitrogens with one attached hydrogen (secondary N) is 2. The Morgan fingerprint density at radius 1 is 1.30 bits per heavy atom. The van der Waals surface area contributed by atoms with Crippen molar-refractivity contribution < 1.29 is 9.18 Å². The van der Waals surface area contributed by atoms with Crippen LogP contribution in [0.15, 0.2) is 18.2 Å². The van der Waals surface area contributed by atoms with E-state index in [0.717, 1.165) is 5.56 Å². The number of hydrogen-bond acceptors (Lipinski definition) is 1. The van der Waals surface area contributed by atoms with Crippen molar-refractivity contribution in [3.05, 3.63) is 35.1 Å². The summed E-state index contributed by atoms with van der Waals surface area (Å²) >= 11 is 0. The molecule has 20 heavy (non-hydrogen) atoms. The Morgan fingerprint density at radius 2 is 1.95 bits per heavy atom. The van der Waals surface area contributed by atoms with E-state index in [0.29, 0.717) is 30.0 Å². The van der Waals surface area contributed by atoms with E-state index in [2.05, 4.69) is 10.6 Å². The number of rotatable bonds is 5. The molecule has 0 radical (unpaired) electrons. The Hall–Kier alpha value is -1.58. The number of carbonyl (C=O) groups is 1. The SMILES string of the molecule is Cc1cc(CNC(=O)NC(C2CC2)C2CC2)ccc1F. The van der Waals surface area contributed by atoms with Gasteiger partial charge in [0.15, 0.2) is 0 Å². The summed E-state index contributed by atoms with van der Waals surface area (Å²) in [5.74, 6) is 1.18. The van der Waals surface area contributed by atoms with Gasteiger partial charge in [0.2, 0.25) is 0 Å². The second-order valence-electron chi connectivity index (χ2n) is 6.11. The van der Waals surface area contributed by atoms with Crippen LogP contribution in [-0.2, 0) is 6.54 Å². The Morgan fingerprint density at radius 3 is 2.50 bits per heavy atom. The molecule has 3 nitrogen and oxygen atoms in total. The normalized spacial score (nSPS) is 18.1. The van der Waals surface area contributed by atoms with E-state index in [9.17, 15) is 9.18 Å². The first-order valence-electron chi connectivity index (χ1n) is 7.43. The first-order valence-corrected chi connectivity index (χ1v) is 7.43. The first kappa shape index (κ1) is 13.4. The summed E-state index contributed by atoms with van der Waals surface area (Å²) in [5, 5.41) is 5.98. The average molecular weight is 276 g/mol. The van der Waals surface area contributed by atoms with Crippen LogP contribution in [0.1, 0.15) is 36.8 Å². The zero-order valence-corrected chi connectivity index (χ0v) is 11.8. The van der Waals surface area contributed by atoms with Gasteiger partial charge in [0.05, 0.1) is 0 Å². The van der Waals surface area contributed by atoms with Crippen molar-refractivity contribution in [3.8, 4) is 0 Å². The van der Waals surface area contributed by atoms with Crippen LogP contribution in [0.3, 0.4) is 0 Å². The summed E-state index contributed by atoms with van der Waals surface area (Å²) in [7, 11) is 0. The molecule has 2 aliphatic carbocycles. The highest BCUT2D eigenvalue weighted by Gasteiger charge is 2.42. The molecule has 0 spiro atoms. The molecule has 0 saturated heterocycles. The highest BCUT2D eigenvalue weighted by atomic mass is 19.1. The molecule has 4 heteroatoms. The van der Waals surface area contributed by atoms with Crippen molar-refractivity contribution in [2.45, 2.75) is 45.2 Å². The molecule has 2 fully saturated rings. The van der Waals surface area contributed by atoms with Gasteiger partial charge in [0.1, 0.15) is 5.82 Å². The second-order valence-corrected chi connectivity index (χ2v) is 6.11. The van der Waals surface area contributed by atoms with Gasteiger partial charge in [-0.05, 0) is 61.6 Å². The minimum Gasteiger partial charge on any atom is -0.335 e. The van der Waals surface area contributed by atoms with Crippen LogP contribution in [0.5, 0.6) is 0 Å². The summed E-state index contributed by atoms with van der Waals surface area (Å²) in [6.45, 7) is 2.17. The molecule has 3 rings (SSSR count). The van der Waals surface area contributed by atoms with Crippen LogP contribution in [0.2, 0.25) is 0 Å². The molecule has 2 saturated carbocycles. The highest BCUT2D eigenvalue weighted by molar-refractivity contribution is 5.74. The van der Waals surface area contributed by atoms with E-state index in [1.165, 1.54) is 31.7 Å². The van der Waals surface area contributed by atoms with Crippen LogP contribution >= 0.6 is 0 Å². The van der Waals surface area contributed by atoms with Gasteiger partial charge >= 0.3 is 6.03 Å². The summed E-state index contributed by atoms with van der Waals surface area (Å²) in [6, 6.07) is 5.19. The van der Waals surface area contributed by atoms with Gasteiger partial charge in [-0.3, -0.25) is 0 Å². The monoisotopic (exact) mass is 276 g/mol. The Balaban J connectivity index is 1.49. The largest absolute Gasteiger partial charge is 0.335 e. The highest BCUT2D eigenvalue weighted by Crippen LogP contribution is 2.44. The lowest BCUT2D eigenvalue weighted by Gasteiger charge is -2.18. The smallest absolute Gasteiger partial charge is 0.315 e. The van der Waals surface area contributed by atoms with E-state index in [1.54, 1.807) is 19.1 Å². The number of halogens is 1. The Bertz CT molecular complexity index is 497. The molecular weight excluding hydrogens is 255 g/mol. The standard InChI is InChI=1S/C16H21FN2O/c1-10-8-11(2-7-14(10)17)9-18-16(20)19-15(12-3-4-12)13-5-6-13/h2,7-8,12-13,15H,3-6,9H2,1H3,(H2,18,19,20). The van der Waals surface area contributed by atoms with Crippen molar-refractivity contribution in [2.24, 2.45) is 11.8 Å². The number of carbonyl (C=O) groups excluding carboxylic acids is 1. The minimum atomic E-state index is -0.208. The fourth-order valence-electron chi connectivity index (χ4n) is 2.73. The zero-order chi connectivity index (χ0) is 14.1. The maximum Gasteiger partial charge on any atom is 0.315 e. The third-order valence-corrected chi connectivity index (χ3v) is 4.23. The number of hydrogen-bond donors (Lipinski definition) is 2. The summed E-state index contributed by atoms with van der Waals surface area (Å²) in [4.78, 5) is 11.9. The molecule has 0 atom stereocenters. The van der Waals surface area contributed by atoms with E-state index in [4.69, 9.17) is 0 Å². The van der Waals surface area contributed by atoms with Crippen LogP contribution in [0.4, 0.5) is 9.18 Å². The van der Waals surface area contributed by atoms with Gasteiger partial charge in [-0.15, -0.1) is 0 Å². The quantitative estimate of drug-likeness (QED) is 0.852. The number of benzene rings is 1. The lowest BCUT2D eigenvalue weighted by molar-refractivity contribution is 0.233. The first-order chi connectivity index (χ1) is 9.63. The molecule has 108 valence electrons. The number of urea groups is 1. The van der Waals surface area contributed by atoms with Crippen molar-refractivity contribution in [3.63, 3.8) is 0 Å². The minimum absolute atomic E-state index is 0.101. The molecule has 0 heterocycles. The van der Waals surface area contributed by atoms with Gasteiger partial charge in [0, 0.05) is 12.6 Å². The van der Waals surface area contributed by atoms with E-state index in [-0.39, 0.29) is 11.8 Å². The maximum absolute atomic E-state index is 13.2. The molecular formula is C16H21FN2O. The molecule has 0 aliphatic heterocycles. The van der Waals surface area contributed by atoms with Gasteiger partial charge in [0.25, 0.3) is 0 Å². The zero-order valence-electron chi connectivity index (χ0n) is 11.8. The van der Waals surface area contributed by atoms with Crippen molar-refractivity contribution in [2.75, 3.05) is 0 Å². The predicted octanol–water partition coefficient (Wildman–Crippen LogP) is 3.12. The van der Waals surface area contributed by atoms with Gasteiger partial charge < -0.3 is 10.6 Å². The van der Waals surface area contributed by atoms with E-state index < -0.39 is 0 Å². The fraction of sp³-hybridized carbons (Fsp3) is 0.562. The summed E-state index contributed by atoms with van der Waals surface area (Å²) in [6.07, 6.45) is 4.99. The third-order valence-electron chi connectivity index (χ3n) is 4.23. The third kappa shape index (κ3) is 3.30. The summed E-state index contributed by atoms with van der Waals surface area (Å²) < 4.78 is 13.2. The Labute approximate surface area is 118 Å². The van der Waals surface area contributed by atoms with Gasteiger partial charge in [-0.2, -0.15) is 0 Å². The van der Waals surface area contributed by atoms with Crippen LogP contribution in [-0.4, -0.2) is 12.1 Å². The van der Waals surface area contributed by atoms with Crippen molar-refractivity contribution >= 4 is 6.03 Å². The molecule has 2 amide bonds. The molecule has 1 aromatic carbocycles. The van der Waals surface area contributed by atoms with Gasteiger partial charge in [-0.25, -0.2) is 9.18 Å². The topological polar surface area (TPSA) is 41.1 Å². The van der Waals surface area contributed by atoms with Gasteiger partial charge in [-0.1, -0.05) is 12.1 Å².